The van der Waals surface area contributed by atoms with Gasteiger partial charge in [-0.15, -0.1) is 0 Å². The van der Waals surface area contributed by atoms with E-state index in [0.29, 0.717) is 6.42 Å². The van der Waals surface area contributed by atoms with E-state index in [1.807, 2.05) is 0 Å². The summed E-state index contributed by atoms with van der Waals surface area (Å²) in [6.45, 7) is 1.93. The summed E-state index contributed by atoms with van der Waals surface area (Å²) in [5.74, 6) is -2.32. The molecule has 0 unspecified atom stereocenters. The Kier molecular flexibility index (Phi) is 4.87. The Morgan fingerprint density at radius 2 is 1.94 bits per heavy atom. The molecule has 0 aliphatic carbocycles. The lowest BCUT2D eigenvalue weighted by Gasteiger charge is -2.13. The van der Waals surface area contributed by atoms with Crippen molar-refractivity contribution in [1.29, 1.82) is 0 Å². The third-order valence-electron chi connectivity index (χ3n) is 1.96. The number of ketones is 1. The third-order valence-corrected chi connectivity index (χ3v) is 2.46. The number of halogens is 5. The SMILES string of the molecule is CCCOc1c(Cl)cc(Cl)cc1C(=O)C(F)(F)F. The average molecular weight is 301 g/mol. The minimum Gasteiger partial charge on any atom is -0.491 e. The van der Waals surface area contributed by atoms with Crippen molar-refractivity contribution in [2.45, 2.75) is 19.5 Å². The largest absolute Gasteiger partial charge is 0.491 e. The smallest absolute Gasteiger partial charge is 0.455 e. The molecule has 0 radical (unpaired) electrons. The van der Waals surface area contributed by atoms with Crippen LogP contribution in [0.2, 0.25) is 10.0 Å². The van der Waals surface area contributed by atoms with Gasteiger partial charge < -0.3 is 4.74 Å². The summed E-state index contributed by atoms with van der Waals surface area (Å²) < 4.78 is 42.3. The van der Waals surface area contributed by atoms with E-state index in [0.717, 1.165) is 6.07 Å². The van der Waals surface area contributed by atoms with Crippen LogP contribution in [0.3, 0.4) is 0 Å². The molecule has 18 heavy (non-hydrogen) atoms. The lowest BCUT2D eigenvalue weighted by Crippen LogP contribution is -2.23. The van der Waals surface area contributed by atoms with Gasteiger partial charge in [-0.2, -0.15) is 13.2 Å². The van der Waals surface area contributed by atoms with E-state index in [9.17, 15) is 18.0 Å². The molecule has 0 aliphatic rings. The molecule has 2 nitrogen and oxygen atoms in total. The minimum absolute atomic E-state index is 0.0588. The topological polar surface area (TPSA) is 26.3 Å². The number of benzene rings is 1. The molecule has 0 aromatic heterocycles. The lowest BCUT2D eigenvalue weighted by molar-refractivity contribution is -0.0886. The lowest BCUT2D eigenvalue weighted by atomic mass is 10.1. The number of ether oxygens (including phenoxy) is 1. The Bertz CT molecular complexity index is 458. The fourth-order valence-corrected chi connectivity index (χ4v) is 1.78. The molecule has 0 saturated heterocycles. The Balaban J connectivity index is 3.27. The van der Waals surface area contributed by atoms with Crippen molar-refractivity contribution in [1.82, 2.24) is 0 Å². The number of Topliss-reactive ketones (excluding diaryl/α,β-unsaturated/α-hetero) is 1. The monoisotopic (exact) mass is 300 g/mol. The molecule has 7 heteroatoms. The maximum atomic E-state index is 12.4. The first kappa shape index (κ1) is 15.1. The first-order valence-corrected chi connectivity index (χ1v) is 5.76. The van der Waals surface area contributed by atoms with Crippen LogP contribution in [-0.4, -0.2) is 18.6 Å². The molecular formula is C11H9Cl2F3O2. The van der Waals surface area contributed by atoms with Gasteiger partial charge in [0.2, 0.25) is 0 Å². The van der Waals surface area contributed by atoms with Gasteiger partial charge in [0, 0.05) is 5.02 Å². The van der Waals surface area contributed by atoms with Gasteiger partial charge in [0.25, 0.3) is 5.78 Å². The molecule has 0 aliphatic heterocycles. The predicted octanol–water partition coefficient (Wildman–Crippen LogP) is 4.53. The van der Waals surface area contributed by atoms with Crippen LogP contribution in [0.5, 0.6) is 5.75 Å². The van der Waals surface area contributed by atoms with Gasteiger partial charge in [-0.25, -0.2) is 0 Å². The minimum atomic E-state index is -5.00. The molecule has 0 atom stereocenters. The second-order valence-corrected chi connectivity index (χ2v) is 4.28. The number of hydrogen-bond donors (Lipinski definition) is 0. The van der Waals surface area contributed by atoms with Crippen LogP contribution in [0.1, 0.15) is 23.7 Å². The van der Waals surface area contributed by atoms with E-state index in [1.165, 1.54) is 6.07 Å². The molecule has 0 amide bonds. The number of rotatable bonds is 4. The van der Waals surface area contributed by atoms with Crippen molar-refractivity contribution in [3.05, 3.63) is 27.7 Å². The van der Waals surface area contributed by atoms with Crippen molar-refractivity contribution in [2.24, 2.45) is 0 Å². The summed E-state index contributed by atoms with van der Waals surface area (Å²) in [4.78, 5) is 11.2. The van der Waals surface area contributed by atoms with Gasteiger partial charge in [-0.1, -0.05) is 30.1 Å². The fraction of sp³-hybridized carbons (Fsp3) is 0.364. The standard InChI is InChI=1S/C11H9Cl2F3O2/c1-2-3-18-9-7(10(17)11(14,15)16)4-6(12)5-8(9)13/h4-5H,2-3H2,1H3. The van der Waals surface area contributed by atoms with E-state index in [2.05, 4.69) is 0 Å². The zero-order valence-electron chi connectivity index (χ0n) is 9.28. The first-order chi connectivity index (χ1) is 8.27. The van der Waals surface area contributed by atoms with E-state index in [4.69, 9.17) is 27.9 Å². The molecule has 0 N–H and O–H groups in total. The zero-order valence-corrected chi connectivity index (χ0v) is 10.8. The second-order valence-electron chi connectivity index (χ2n) is 3.44. The molecule has 1 aromatic carbocycles. The summed E-state index contributed by atoms with van der Waals surface area (Å²) in [5, 5.41) is -0.181. The molecule has 100 valence electrons. The van der Waals surface area contributed by atoms with Gasteiger partial charge in [0.1, 0.15) is 5.75 Å². The summed E-state index contributed by atoms with van der Waals surface area (Å²) in [7, 11) is 0. The van der Waals surface area contributed by atoms with Crippen LogP contribution in [0.25, 0.3) is 0 Å². The van der Waals surface area contributed by atoms with Crippen LogP contribution in [0, 0.1) is 0 Å². The van der Waals surface area contributed by atoms with E-state index in [1.54, 1.807) is 6.92 Å². The Hall–Kier alpha value is -0.940. The fourth-order valence-electron chi connectivity index (χ4n) is 1.23. The molecule has 0 saturated carbocycles. The Morgan fingerprint density at radius 3 is 2.44 bits per heavy atom. The van der Waals surface area contributed by atoms with Crippen molar-refractivity contribution < 1.29 is 22.7 Å². The van der Waals surface area contributed by atoms with E-state index in [-0.39, 0.29) is 22.4 Å². The molecular weight excluding hydrogens is 292 g/mol. The summed E-state index contributed by atoms with van der Waals surface area (Å²) in [6, 6.07) is 2.12. The van der Waals surface area contributed by atoms with E-state index < -0.39 is 17.5 Å². The normalized spacial score (nSPS) is 11.4. The number of carbonyl (C=O) groups is 1. The van der Waals surface area contributed by atoms with Crippen molar-refractivity contribution in [2.75, 3.05) is 6.61 Å². The quantitative estimate of drug-likeness (QED) is 0.764. The van der Waals surface area contributed by atoms with Crippen molar-refractivity contribution in [3.63, 3.8) is 0 Å². The Morgan fingerprint density at radius 1 is 1.33 bits per heavy atom. The zero-order chi connectivity index (χ0) is 13.9. The maximum Gasteiger partial charge on any atom is 0.455 e. The third kappa shape index (κ3) is 3.53. The Labute approximate surface area is 112 Å². The maximum absolute atomic E-state index is 12.4. The van der Waals surface area contributed by atoms with Crippen molar-refractivity contribution >= 4 is 29.0 Å². The number of hydrogen-bond acceptors (Lipinski definition) is 2. The summed E-state index contributed by atoms with van der Waals surface area (Å²) >= 11 is 11.3. The van der Waals surface area contributed by atoms with Gasteiger partial charge in [-0.05, 0) is 18.6 Å². The van der Waals surface area contributed by atoms with Gasteiger partial charge in [0.05, 0.1) is 17.2 Å². The number of alkyl halides is 3. The highest BCUT2D eigenvalue weighted by Gasteiger charge is 2.41. The average Bonchev–Trinajstić information content (AvgIpc) is 2.24. The molecule has 1 aromatic rings. The first-order valence-electron chi connectivity index (χ1n) is 5.00. The molecule has 0 spiro atoms. The summed E-state index contributed by atoms with van der Waals surface area (Å²) in [6.07, 6.45) is -4.43. The number of carbonyl (C=O) groups excluding carboxylic acids is 1. The highest BCUT2D eigenvalue weighted by atomic mass is 35.5. The van der Waals surface area contributed by atoms with Crippen LogP contribution in [-0.2, 0) is 0 Å². The van der Waals surface area contributed by atoms with Crippen LogP contribution in [0.15, 0.2) is 12.1 Å². The van der Waals surface area contributed by atoms with E-state index >= 15 is 0 Å². The molecule has 0 heterocycles. The second kappa shape index (κ2) is 5.80. The highest BCUT2D eigenvalue weighted by molar-refractivity contribution is 6.36. The predicted molar refractivity (Wildman–Crippen MR) is 62.6 cm³/mol. The van der Waals surface area contributed by atoms with Crippen molar-refractivity contribution in [3.8, 4) is 5.75 Å². The molecule has 0 bridgehead atoms. The van der Waals surface area contributed by atoms with Gasteiger partial charge in [0.15, 0.2) is 0 Å². The van der Waals surface area contributed by atoms with Gasteiger partial charge in [-0.3, -0.25) is 4.79 Å². The van der Waals surface area contributed by atoms with Crippen LogP contribution in [0.4, 0.5) is 13.2 Å². The molecule has 0 fully saturated rings. The molecule has 1 rings (SSSR count). The van der Waals surface area contributed by atoms with Crippen LogP contribution >= 0.6 is 23.2 Å². The van der Waals surface area contributed by atoms with Crippen LogP contribution < -0.4 is 4.74 Å². The van der Waals surface area contributed by atoms with Gasteiger partial charge >= 0.3 is 6.18 Å². The summed E-state index contributed by atoms with van der Waals surface area (Å²) in [5.41, 5.74) is -0.673. The highest BCUT2D eigenvalue weighted by Crippen LogP contribution is 2.36.